The quantitative estimate of drug-likeness (QED) is 0.832. The predicted molar refractivity (Wildman–Crippen MR) is 80.9 cm³/mol. The molecule has 1 aliphatic heterocycles. The van der Waals surface area contributed by atoms with Gasteiger partial charge in [-0.2, -0.15) is 5.10 Å². The normalized spacial score (nSPS) is 17.7. The number of rotatable bonds is 5. The largest absolute Gasteiger partial charge is 0.471 e. The second-order valence-corrected chi connectivity index (χ2v) is 5.89. The Morgan fingerprint density at radius 3 is 3.18 bits per heavy atom. The maximum Gasteiger partial charge on any atom is 0.267 e. The Morgan fingerprint density at radius 1 is 1.50 bits per heavy atom. The molecular weight excluding hydrogens is 302 g/mol. The molecule has 0 aliphatic carbocycles. The lowest BCUT2D eigenvalue weighted by Crippen LogP contribution is -2.31. The van der Waals surface area contributed by atoms with Crippen molar-refractivity contribution in [2.24, 2.45) is 0 Å². The molecule has 0 saturated carbocycles. The molecule has 0 bridgehead atoms. The van der Waals surface area contributed by atoms with Crippen LogP contribution in [0.15, 0.2) is 18.3 Å². The highest BCUT2D eigenvalue weighted by Gasteiger charge is 2.30. The number of carbonyl (C=O) groups excluding carboxylic acids is 1. The number of likely N-dealkylation sites (tertiary alicyclic amines) is 1. The molecule has 0 radical (unpaired) electrons. The average molecular weight is 319 g/mol. The summed E-state index contributed by atoms with van der Waals surface area (Å²) >= 11 is 1.17. The van der Waals surface area contributed by atoms with Gasteiger partial charge in [-0.1, -0.05) is 17.8 Å². The van der Waals surface area contributed by atoms with E-state index in [0.717, 1.165) is 25.0 Å². The third kappa shape index (κ3) is 3.22. The molecule has 2 aromatic heterocycles. The van der Waals surface area contributed by atoms with Crippen LogP contribution in [0.2, 0.25) is 0 Å². The van der Waals surface area contributed by atoms with Crippen LogP contribution in [0, 0.1) is 0 Å². The summed E-state index contributed by atoms with van der Waals surface area (Å²) < 4.78 is 9.67. The minimum Gasteiger partial charge on any atom is -0.471 e. The highest BCUT2D eigenvalue weighted by Crippen LogP contribution is 2.21. The highest BCUT2D eigenvalue weighted by molar-refractivity contribution is 7.08. The van der Waals surface area contributed by atoms with Gasteiger partial charge in [-0.05, 0) is 24.0 Å². The van der Waals surface area contributed by atoms with Crippen molar-refractivity contribution < 1.29 is 9.53 Å². The van der Waals surface area contributed by atoms with E-state index in [1.165, 1.54) is 11.5 Å². The van der Waals surface area contributed by atoms with Crippen molar-refractivity contribution in [2.45, 2.75) is 32.3 Å². The first-order chi connectivity index (χ1) is 10.8. The van der Waals surface area contributed by atoms with Crippen molar-refractivity contribution in [2.75, 3.05) is 13.1 Å². The Bertz CT molecular complexity index is 633. The molecule has 0 aromatic carbocycles. The van der Waals surface area contributed by atoms with Crippen molar-refractivity contribution in [1.29, 1.82) is 0 Å². The lowest BCUT2D eigenvalue weighted by Gasteiger charge is -2.16. The molecule has 2 aromatic rings. The van der Waals surface area contributed by atoms with Crippen LogP contribution in [0.4, 0.5) is 0 Å². The summed E-state index contributed by atoms with van der Waals surface area (Å²) in [7, 11) is 0. The molecule has 22 heavy (non-hydrogen) atoms. The van der Waals surface area contributed by atoms with Crippen LogP contribution in [-0.2, 0) is 6.42 Å². The second kappa shape index (κ2) is 6.78. The summed E-state index contributed by atoms with van der Waals surface area (Å²) in [4.78, 5) is 15.0. The number of hydrogen-bond acceptors (Lipinski definition) is 7. The van der Waals surface area contributed by atoms with Gasteiger partial charge < -0.3 is 9.64 Å². The van der Waals surface area contributed by atoms with Crippen LogP contribution in [0.25, 0.3) is 0 Å². The lowest BCUT2D eigenvalue weighted by molar-refractivity contribution is 0.0774. The molecule has 7 nitrogen and oxygen atoms in total. The van der Waals surface area contributed by atoms with Crippen molar-refractivity contribution in [3.8, 4) is 5.88 Å². The molecule has 0 unspecified atom stereocenters. The van der Waals surface area contributed by atoms with Crippen LogP contribution in [0.5, 0.6) is 5.88 Å². The van der Waals surface area contributed by atoms with E-state index in [4.69, 9.17) is 4.74 Å². The van der Waals surface area contributed by atoms with Gasteiger partial charge in [-0.25, -0.2) is 0 Å². The molecule has 1 amide bonds. The first-order valence-electron chi connectivity index (χ1n) is 7.32. The fourth-order valence-electron chi connectivity index (χ4n) is 2.44. The summed E-state index contributed by atoms with van der Waals surface area (Å²) in [5.41, 5.74) is 0.802. The van der Waals surface area contributed by atoms with E-state index >= 15 is 0 Å². The monoisotopic (exact) mass is 319 g/mol. The summed E-state index contributed by atoms with van der Waals surface area (Å²) in [6.45, 7) is 3.29. The Morgan fingerprint density at radius 2 is 2.41 bits per heavy atom. The number of amides is 1. The van der Waals surface area contributed by atoms with Gasteiger partial charge in [-0.3, -0.25) is 4.79 Å². The Kier molecular flexibility index (Phi) is 4.57. The third-order valence-corrected chi connectivity index (χ3v) is 4.26. The minimum absolute atomic E-state index is 0.00342. The van der Waals surface area contributed by atoms with Crippen molar-refractivity contribution >= 4 is 17.4 Å². The standard InChI is InChI=1S/C14H17N5O2S/c1-2-4-11-13(22-18-16-11)14(20)19-8-6-10(9-19)21-12-5-3-7-15-17-12/h3,5,7,10H,2,4,6,8-9H2,1H3/t10-/m1/s1. The van der Waals surface area contributed by atoms with Gasteiger partial charge in [0.25, 0.3) is 5.91 Å². The number of aryl methyl sites for hydroxylation is 1. The zero-order valence-electron chi connectivity index (χ0n) is 12.3. The SMILES string of the molecule is CCCc1nnsc1C(=O)N1CC[C@@H](Oc2cccnn2)C1. The maximum absolute atomic E-state index is 12.6. The number of hydrogen-bond donors (Lipinski definition) is 0. The van der Waals surface area contributed by atoms with Crippen LogP contribution in [0.1, 0.15) is 35.1 Å². The van der Waals surface area contributed by atoms with E-state index in [0.29, 0.717) is 23.8 Å². The molecular formula is C14H17N5O2S. The van der Waals surface area contributed by atoms with E-state index in [1.807, 2.05) is 0 Å². The van der Waals surface area contributed by atoms with Gasteiger partial charge in [0, 0.05) is 25.2 Å². The van der Waals surface area contributed by atoms with Crippen molar-refractivity contribution in [3.05, 3.63) is 28.9 Å². The number of aromatic nitrogens is 4. The van der Waals surface area contributed by atoms with E-state index in [-0.39, 0.29) is 12.0 Å². The highest BCUT2D eigenvalue weighted by atomic mass is 32.1. The number of carbonyl (C=O) groups is 1. The fourth-order valence-corrected chi connectivity index (χ4v) is 3.12. The zero-order chi connectivity index (χ0) is 15.4. The summed E-state index contributed by atoms with van der Waals surface area (Å²) in [6, 6.07) is 3.55. The third-order valence-electron chi connectivity index (χ3n) is 3.50. The smallest absolute Gasteiger partial charge is 0.267 e. The molecule has 0 N–H and O–H groups in total. The van der Waals surface area contributed by atoms with Crippen LogP contribution in [0.3, 0.4) is 0 Å². The van der Waals surface area contributed by atoms with Gasteiger partial charge >= 0.3 is 0 Å². The molecule has 1 aliphatic rings. The van der Waals surface area contributed by atoms with Crippen LogP contribution < -0.4 is 4.74 Å². The van der Waals surface area contributed by atoms with Crippen molar-refractivity contribution in [1.82, 2.24) is 24.7 Å². The van der Waals surface area contributed by atoms with Crippen LogP contribution >= 0.6 is 11.5 Å². The Labute approximate surface area is 132 Å². The number of ether oxygens (including phenoxy) is 1. The fraction of sp³-hybridized carbons (Fsp3) is 0.500. The van der Waals surface area contributed by atoms with Crippen LogP contribution in [-0.4, -0.2) is 49.8 Å². The maximum atomic E-state index is 12.6. The van der Waals surface area contributed by atoms with Gasteiger partial charge in [0.05, 0.1) is 12.2 Å². The van der Waals surface area contributed by atoms with Gasteiger partial charge in [0.2, 0.25) is 5.88 Å². The van der Waals surface area contributed by atoms with Crippen molar-refractivity contribution in [3.63, 3.8) is 0 Å². The number of nitrogens with zero attached hydrogens (tertiary/aromatic N) is 5. The second-order valence-electron chi connectivity index (χ2n) is 5.14. The summed E-state index contributed by atoms with van der Waals surface area (Å²) in [5, 5.41) is 11.7. The van der Waals surface area contributed by atoms with Gasteiger partial charge in [0.1, 0.15) is 11.0 Å². The molecule has 116 valence electrons. The Hall–Kier alpha value is -2.09. The summed E-state index contributed by atoms with van der Waals surface area (Å²) in [5.74, 6) is 0.497. The van der Waals surface area contributed by atoms with E-state index in [2.05, 4.69) is 26.7 Å². The molecule has 0 spiro atoms. The first-order valence-corrected chi connectivity index (χ1v) is 8.10. The van der Waals surface area contributed by atoms with Gasteiger partial charge in [0.15, 0.2) is 0 Å². The molecule has 3 rings (SSSR count). The summed E-state index contributed by atoms with van der Waals surface area (Å²) in [6.07, 6.45) is 4.08. The zero-order valence-corrected chi connectivity index (χ0v) is 13.1. The molecule has 8 heteroatoms. The lowest BCUT2D eigenvalue weighted by atomic mass is 10.2. The predicted octanol–water partition coefficient (Wildman–Crippen LogP) is 1.57. The Balaban J connectivity index is 1.62. The van der Waals surface area contributed by atoms with E-state index in [9.17, 15) is 4.79 Å². The minimum atomic E-state index is -0.0452. The first kappa shape index (κ1) is 14.8. The molecule has 3 heterocycles. The molecule has 1 saturated heterocycles. The van der Waals surface area contributed by atoms with E-state index < -0.39 is 0 Å². The average Bonchev–Trinajstić information content (AvgIpc) is 3.18. The molecule has 1 atom stereocenters. The topological polar surface area (TPSA) is 81.1 Å². The molecule has 1 fully saturated rings. The van der Waals surface area contributed by atoms with E-state index in [1.54, 1.807) is 23.2 Å². The van der Waals surface area contributed by atoms with Gasteiger partial charge in [-0.15, -0.1) is 10.2 Å².